The van der Waals surface area contributed by atoms with E-state index in [9.17, 15) is 14.4 Å². The second-order valence-electron chi connectivity index (χ2n) is 9.62. The number of hydrogen-bond acceptors (Lipinski definition) is 4. The van der Waals surface area contributed by atoms with Gasteiger partial charge in [-0.3, -0.25) is 9.59 Å². The van der Waals surface area contributed by atoms with E-state index in [0.29, 0.717) is 11.1 Å². The van der Waals surface area contributed by atoms with Crippen molar-refractivity contribution in [2.45, 2.75) is 78.6 Å². The van der Waals surface area contributed by atoms with Gasteiger partial charge in [0.05, 0.1) is 0 Å². The highest BCUT2D eigenvalue weighted by molar-refractivity contribution is 5.91. The molecule has 7 nitrogen and oxygen atoms in total. The maximum atomic E-state index is 13.2. The van der Waals surface area contributed by atoms with Crippen LogP contribution in [0.1, 0.15) is 72.6 Å². The molecule has 3 amide bonds. The minimum atomic E-state index is -0.901. The van der Waals surface area contributed by atoms with Crippen LogP contribution in [0.4, 0.5) is 4.79 Å². The van der Waals surface area contributed by atoms with E-state index in [4.69, 9.17) is 11.2 Å². The maximum Gasteiger partial charge on any atom is 0.408 e. The lowest BCUT2D eigenvalue weighted by Crippen LogP contribution is -2.55. The molecule has 1 atom stereocenters. The summed E-state index contributed by atoms with van der Waals surface area (Å²) in [5, 5.41) is 5.37. The Labute approximate surface area is 185 Å². The summed E-state index contributed by atoms with van der Waals surface area (Å²) in [5.74, 6) is 1.82. The van der Waals surface area contributed by atoms with Gasteiger partial charge in [0.15, 0.2) is 0 Å². The van der Waals surface area contributed by atoms with Crippen molar-refractivity contribution in [2.75, 3.05) is 6.54 Å². The number of amides is 3. The minimum Gasteiger partial charge on any atom is -0.444 e. The zero-order chi connectivity index (χ0) is 24.0. The molecule has 1 aromatic rings. The molecule has 0 saturated heterocycles. The number of rotatable bonds is 6. The van der Waals surface area contributed by atoms with E-state index >= 15 is 0 Å². The zero-order valence-corrected chi connectivity index (χ0v) is 19.8. The second-order valence-corrected chi connectivity index (χ2v) is 9.62. The van der Waals surface area contributed by atoms with Gasteiger partial charge >= 0.3 is 6.09 Å². The maximum absolute atomic E-state index is 13.2. The first-order chi connectivity index (χ1) is 14.2. The van der Waals surface area contributed by atoms with Crippen LogP contribution in [0.15, 0.2) is 24.3 Å². The van der Waals surface area contributed by atoms with E-state index in [2.05, 4.69) is 16.6 Å². The number of hydrogen-bond donors (Lipinski definition) is 2. The second kappa shape index (κ2) is 10.3. The molecule has 31 heavy (non-hydrogen) atoms. The van der Waals surface area contributed by atoms with Gasteiger partial charge in [0.2, 0.25) is 11.8 Å². The van der Waals surface area contributed by atoms with Crippen molar-refractivity contribution in [2.24, 2.45) is 0 Å². The molecule has 0 bridgehead atoms. The molecule has 1 aromatic carbocycles. The molecule has 2 N–H and O–H groups in total. The molecule has 7 heteroatoms. The molecule has 1 rings (SSSR count). The van der Waals surface area contributed by atoms with E-state index < -0.39 is 29.2 Å². The molecule has 0 heterocycles. The standard InChI is InChI=1S/C24H35N3O4/c1-10-17-11-13-18(14-12-17)20(21(29)26-16(2)3)27(23(4,5)6)19(28)15-25-22(30)31-24(7,8)9/h1,11-14,16,20H,15H2,2-9H3,(H,25,30)(H,26,29). The normalized spacial score (nSPS) is 12.5. The molecule has 1 unspecified atom stereocenters. The van der Waals surface area contributed by atoms with Gasteiger partial charge in [0.1, 0.15) is 18.2 Å². The molecule has 0 fully saturated rings. The lowest BCUT2D eigenvalue weighted by molar-refractivity contribution is -0.146. The van der Waals surface area contributed by atoms with Crippen molar-refractivity contribution in [1.82, 2.24) is 15.5 Å². The summed E-state index contributed by atoms with van der Waals surface area (Å²) < 4.78 is 5.21. The number of carbonyl (C=O) groups excluding carboxylic acids is 3. The van der Waals surface area contributed by atoms with Gasteiger partial charge in [0, 0.05) is 17.1 Å². The third-order valence-corrected chi connectivity index (χ3v) is 4.10. The summed E-state index contributed by atoms with van der Waals surface area (Å²) in [7, 11) is 0. The van der Waals surface area contributed by atoms with Crippen LogP contribution in [0.3, 0.4) is 0 Å². The Hall–Kier alpha value is -3.01. The fourth-order valence-corrected chi connectivity index (χ4v) is 3.00. The van der Waals surface area contributed by atoms with Crippen molar-refractivity contribution < 1.29 is 19.1 Å². The van der Waals surface area contributed by atoms with E-state index in [1.807, 2.05) is 34.6 Å². The summed E-state index contributed by atoms with van der Waals surface area (Å²) in [5.41, 5.74) is -0.101. The van der Waals surface area contributed by atoms with Gasteiger partial charge in [-0.25, -0.2) is 4.79 Å². The highest BCUT2D eigenvalue weighted by atomic mass is 16.6. The molecule has 0 saturated carbocycles. The largest absolute Gasteiger partial charge is 0.444 e. The van der Waals surface area contributed by atoms with Gasteiger partial charge in [0.25, 0.3) is 0 Å². The summed E-state index contributed by atoms with van der Waals surface area (Å²) in [4.78, 5) is 39.9. The third-order valence-electron chi connectivity index (χ3n) is 4.10. The van der Waals surface area contributed by atoms with E-state index in [1.165, 1.54) is 4.90 Å². The number of alkyl carbamates (subject to hydrolysis) is 1. The van der Waals surface area contributed by atoms with Gasteiger partial charge in [-0.2, -0.15) is 0 Å². The molecular weight excluding hydrogens is 394 g/mol. The van der Waals surface area contributed by atoms with Crippen LogP contribution in [0, 0.1) is 12.3 Å². The molecule has 0 aliphatic rings. The van der Waals surface area contributed by atoms with Crippen molar-refractivity contribution in [1.29, 1.82) is 0 Å². The summed E-state index contributed by atoms with van der Waals surface area (Å²) in [6, 6.07) is 5.93. The van der Waals surface area contributed by atoms with Gasteiger partial charge in [-0.15, -0.1) is 6.42 Å². The number of terminal acetylenes is 1. The van der Waals surface area contributed by atoms with Crippen LogP contribution >= 0.6 is 0 Å². The molecule has 0 aromatic heterocycles. The van der Waals surface area contributed by atoms with Crippen molar-refractivity contribution in [3.63, 3.8) is 0 Å². The molecule has 170 valence electrons. The summed E-state index contributed by atoms with van der Waals surface area (Å²) in [6.45, 7) is 14.1. The molecule has 0 radical (unpaired) electrons. The quantitative estimate of drug-likeness (QED) is 0.679. The fraction of sp³-hybridized carbons (Fsp3) is 0.542. The number of ether oxygens (including phenoxy) is 1. The topological polar surface area (TPSA) is 87.7 Å². The Morgan fingerprint density at radius 1 is 1.06 bits per heavy atom. The first kappa shape index (κ1) is 26.0. The van der Waals surface area contributed by atoms with Crippen LogP contribution in [0.2, 0.25) is 0 Å². The number of nitrogens with zero attached hydrogens (tertiary/aromatic N) is 1. The lowest BCUT2D eigenvalue weighted by atomic mass is 9.95. The SMILES string of the molecule is C#Cc1ccc(C(C(=O)NC(C)C)N(C(=O)CNC(=O)OC(C)(C)C)C(C)(C)C)cc1. The lowest BCUT2D eigenvalue weighted by Gasteiger charge is -2.41. The monoisotopic (exact) mass is 429 g/mol. The zero-order valence-electron chi connectivity index (χ0n) is 19.8. The van der Waals surface area contributed by atoms with Gasteiger partial charge in [-0.05, 0) is 73.1 Å². The number of nitrogens with one attached hydrogen (secondary N) is 2. The van der Waals surface area contributed by atoms with Crippen LogP contribution in [0.5, 0.6) is 0 Å². The van der Waals surface area contributed by atoms with Crippen LogP contribution in [-0.2, 0) is 14.3 Å². The predicted octanol–water partition coefficient (Wildman–Crippen LogP) is 3.39. The minimum absolute atomic E-state index is 0.114. The van der Waals surface area contributed by atoms with E-state index in [1.54, 1.807) is 45.0 Å². The molecule has 0 aliphatic carbocycles. The summed E-state index contributed by atoms with van der Waals surface area (Å²) in [6.07, 6.45) is 4.75. The first-order valence-electron chi connectivity index (χ1n) is 10.3. The third kappa shape index (κ3) is 8.33. The van der Waals surface area contributed by atoms with E-state index in [0.717, 1.165) is 0 Å². The molecule has 0 spiro atoms. The van der Waals surface area contributed by atoms with Crippen LogP contribution < -0.4 is 10.6 Å². The van der Waals surface area contributed by atoms with Crippen molar-refractivity contribution in [3.05, 3.63) is 35.4 Å². The average molecular weight is 430 g/mol. The van der Waals surface area contributed by atoms with Crippen molar-refractivity contribution >= 4 is 17.9 Å². The smallest absolute Gasteiger partial charge is 0.408 e. The highest BCUT2D eigenvalue weighted by Crippen LogP contribution is 2.29. The van der Waals surface area contributed by atoms with Crippen LogP contribution in [0.25, 0.3) is 0 Å². The van der Waals surface area contributed by atoms with Gasteiger partial charge in [-0.1, -0.05) is 18.1 Å². The summed E-state index contributed by atoms with van der Waals surface area (Å²) >= 11 is 0. The fourth-order valence-electron chi connectivity index (χ4n) is 3.00. The van der Waals surface area contributed by atoms with Gasteiger partial charge < -0.3 is 20.3 Å². The predicted molar refractivity (Wildman–Crippen MR) is 121 cm³/mol. The Bertz CT molecular complexity index is 824. The molecule has 0 aliphatic heterocycles. The molecular formula is C24H35N3O4. The first-order valence-corrected chi connectivity index (χ1v) is 10.3. The Balaban J connectivity index is 3.28. The Kier molecular flexibility index (Phi) is 8.68. The van der Waals surface area contributed by atoms with Crippen LogP contribution in [-0.4, -0.2) is 46.5 Å². The Morgan fingerprint density at radius 2 is 1.61 bits per heavy atom. The number of carbonyl (C=O) groups is 3. The Morgan fingerprint density at radius 3 is 2.03 bits per heavy atom. The van der Waals surface area contributed by atoms with E-state index in [-0.39, 0.29) is 18.5 Å². The van der Waals surface area contributed by atoms with Crippen molar-refractivity contribution in [3.8, 4) is 12.3 Å². The average Bonchev–Trinajstić information content (AvgIpc) is 2.61. The highest BCUT2D eigenvalue weighted by Gasteiger charge is 2.38. The number of benzene rings is 1.